The SMILES string of the molecule is CCOc1ccc(-c2csc(NC(=O)C(Sc3ccc(NC(=O)/C(=C/c4cccc5ccccc45)NC(=O)c4ccccc4)cc3)c3ccccc3)n2)cc1. The number of carbonyl (C=O) groups excluding carboxylic acids is 3. The minimum Gasteiger partial charge on any atom is -0.494 e. The zero-order valence-electron chi connectivity index (χ0n) is 29.8. The summed E-state index contributed by atoms with van der Waals surface area (Å²) in [4.78, 5) is 46.3. The van der Waals surface area contributed by atoms with Crippen molar-refractivity contribution in [2.45, 2.75) is 17.1 Å². The van der Waals surface area contributed by atoms with Crippen LogP contribution in [0.25, 0.3) is 28.1 Å². The van der Waals surface area contributed by atoms with Gasteiger partial charge < -0.3 is 20.7 Å². The lowest BCUT2D eigenvalue weighted by molar-refractivity contribution is -0.116. The number of benzene rings is 6. The molecule has 0 fully saturated rings. The molecule has 7 rings (SSSR count). The van der Waals surface area contributed by atoms with Crippen molar-refractivity contribution in [3.8, 4) is 17.0 Å². The van der Waals surface area contributed by atoms with Gasteiger partial charge in [0.1, 0.15) is 16.7 Å². The molecule has 1 aromatic heterocycles. The molecule has 3 N–H and O–H groups in total. The van der Waals surface area contributed by atoms with Crippen molar-refractivity contribution in [2.24, 2.45) is 0 Å². The summed E-state index contributed by atoms with van der Waals surface area (Å²) >= 11 is 2.76. The van der Waals surface area contributed by atoms with Crippen molar-refractivity contribution in [1.82, 2.24) is 10.3 Å². The number of anilines is 2. The minimum atomic E-state index is -0.581. The molecule has 6 aromatic carbocycles. The number of amides is 3. The van der Waals surface area contributed by atoms with Gasteiger partial charge in [-0.25, -0.2) is 4.98 Å². The zero-order valence-corrected chi connectivity index (χ0v) is 31.4. The number of aromatic nitrogens is 1. The van der Waals surface area contributed by atoms with E-state index in [2.05, 4.69) is 20.9 Å². The van der Waals surface area contributed by atoms with Gasteiger partial charge in [0.2, 0.25) is 5.91 Å². The lowest BCUT2D eigenvalue weighted by Gasteiger charge is -2.17. The van der Waals surface area contributed by atoms with Crippen molar-refractivity contribution in [1.29, 1.82) is 0 Å². The van der Waals surface area contributed by atoms with Crippen molar-refractivity contribution in [3.63, 3.8) is 0 Å². The number of thiazole rings is 1. The quantitative estimate of drug-likeness (QED) is 0.0798. The van der Waals surface area contributed by atoms with Crippen LogP contribution in [-0.4, -0.2) is 29.3 Å². The van der Waals surface area contributed by atoms with Crippen LogP contribution in [0.4, 0.5) is 10.8 Å². The smallest absolute Gasteiger partial charge is 0.272 e. The normalized spacial score (nSPS) is 11.8. The summed E-state index contributed by atoms with van der Waals surface area (Å²) in [5.41, 5.74) is 4.37. The molecule has 55 heavy (non-hydrogen) atoms. The number of nitrogens with one attached hydrogen (secondary N) is 3. The van der Waals surface area contributed by atoms with E-state index in [1.165, 1.54) is 23.1 Å². The van der Waals surface area contributed by atoms with Crippen LogP contribution in [0.3, 0.4) is 0 Å². The van der Waals surface area contributed by atoms with E-state index in [1.807, 2.05) is 128 Å². The molecule has 0 radical (unpaired) electrons. The lowest BCUT2D eigenvalue weighted by atomic mass is 10.0. The van der Waals surface area contributed by atoms with Crippen LogP contribution in [-0.2, 0) is 9.59 Å². The van der Waals surface area contributed by atoms with Crippen LogP contribution in [0.1, 0.15) is 33.7 Å². The third-order valence-electron chi connectivity index (χ3n) is 8.55. The number of thioether (sulfide) groups is 1. The Balaban J connectivity index is 1.07. The van der Waals surface area contributed by atoms with Crippen molar-refractivity contribution in [2.75, 3.05) is 17.2 Å². The first-order valence-corrected chi connectivity index (χ1v) is 19.4. The molecule has 0 aliphatic rings. The monoisotopic (exact) mass is 760 g/mol. The maximum atomic E-state index is 13.8. The van der Waals surface area contributed by atoms with Crippen molar-refractivity contribution < 1.29 is 19.1 Å². The molecule has 0 aliphatic carbocycles. The topological polar surface area (TPSA) is 109 Å². The largest absolute Gasteiger partial charge is 0.494 e. The van der Waals surface area contributed by atoms with E-state index in [4.69, 9.17) is 4.74 Å². The summed E-state index contributed by atoms with van der Waals surface area (Å²) < 4.78 is 5.55. The zero-order chi connectivity index (χ0) is 38.0. The summed E-state index contributed by atoms with van der Waals surface area (Å²) in [6.07, 6.45) is 1.69. The van der Waals surface area contributed by atoms with Gasteiger partial charge in [-0.05, 0) is 95.6 Å². The first-order valence-electron chi connectivity index (χ1n) is 17.6. The minimum absolute atomic E-state index is 0.0948. The predicted octanol–water partition coefficient (Wildman–Crippen LogP) is 10.2. The van der Waals surface area contributed by atoms with E-state index in [0.717, 1.165) is 43.8 Å². The van der Waals surface area contributed by atoms with Gasteiger partial charge in [0.25, 0.3) is 11.8 Å². The summed E-state index contributed by atoms with van der Waals surface area (Å²) in [7, 11) is 0. The maximum absolute atomic E-state index is 13.8. The highest BCUT2D eigenvalue weighted by atomic mass is 32.2. The molecular formula is C45H36N4O4S2. The van der Waals surface area contributed by atoms with E-state index >= 15 is 0 Å². The second-order valence-corrected chi connectivity index (χ2v) is 14.4. The number of hydrogen-bond acceptors (Lipinski definition) is 7. The Kier molecular flexibility index (Phi) is 11.8. The van der Waals surface area contributed by atoms with Crippen LogP contribution in [0, 0.1) is 0 Å². The molecule has 0 bridgehead atoms. The summed E-state index contributed by atoms with van der Waals surface area (Å²) in [5, 5.41) is 12.6. The molecule has 8 nitrogen and oxygen atoms in total. The Morgan fingerprint density at radius 3 is 2.20 bits per heavy atom. The number of hydrogen-bond donors (Lipinski definition) is 3. The molecule has 272 valence electrons. The van der Waals surface area contributed by atoms with Gasteiger partial charge in [-0.1, -0.05) is 91.0 Å². The van der Waals surface area contributed by atoms with Gasteiger partial charge in [0, 0.05) is 27.1 Å². The van der Waals surface area contributed by atoms with Gasteiger partial charge in [-0.15, -0.1) is 23.1 Å². The van der Waals surface area contributed by atoms with Crippen molar-refractivity contribution >= 4 is 68.5 Å². The molecule has 0 aliphatic heterocycles. The van der Waals surface area contributed by atoms with Crippen LogP contribution in [0.5, 0.6) is 5.75 Å². The number of carbonyl (C=O) groups is 3. The number of ether oxygens (including phenoxy) is 1. The van der Waals surface area contributed by atoms with E-state index < -0.39 is 17.1 Å². The number of rotatable bonds is 13. The van der Waals surface area contributed by atoms with Crippen LogP contribution >= 0.6 is 23.1 Å². The highest BCUT2D eigenvalue weighted by Gasteiger charge is 2.24. The summed E-state index contributed by atoms with van der Waals surface area (Å²) in [6.45, 7) is 2.54. The van der Waals surface area contributed by atoms with Crippen LogP contribution in [0.2, 0.25) is 0 Å². The molecule has 0 spiro atoms. The fraction of sp³-hybridized carbons (Fsp3) is 0.0667. The molecule has 10 heteroatoms. The number of nitrogens with zero attached hydrogens (tertiary/aromatic N) is 1. The van der Waals surface area contributed by atoms with Crippen LogP contribution < -0.4 is 20.7 Å². The predicted molar refractivity (Wildman–Crippen MR) is 223 cm³/mol. The highest BCUT2D eigenvalue weighted by Crippen LogP contribution is 2.37. The average Bonchev–Trinajstić information content (AvgIpc) is 3.69. The molecule has 3 amide bonds. The Morgan fingerprint density at radius 1 is 0.764 bits per heavy atom. The Morgan fingerprint density at radius 2 is 1.45 bits per heavy atom. The average molecular weight is 761 g/mol. The summed E-state index contributed by atoms with van der Waals surface area (Å²) in [6, 6.07) is 47.0. The third-order valence-corrected chi connectivity index (χ3v) is 10.6. The lowest BCUT2D eigenvalue weighted by Crippen LogP contribution is -2.30. The van der Waals surface area contributed by atoms with Gasteiger partial charge >= 0.3 is 0 Å². The second kappa shape index (κ2) is 17.6. The Bertz CT molecular complexity index is 2440. The van der Waals surface area contributed by atoms with E-state index in [9.17, 15) is 14.4 Å². The molecule has 0 saturated heterocycles. The molecule has 1 heterocycles. The van der Waals surface area contributed by atoms with Gasteiger partial charge in [-0.2, -0.15) is 0 Å². The van der Waals surface area contributed by atoms with Gasteiger partial charge in [-0.3, -0.25) is 14.4 Å². The van der Waals surface area contributed by atoms with Gasteiger partial charge in [0.15, 0.2) is 5.13 Å². The molecule has 7 aromatic rings. The highest BCUT2D eigenvalue weighted by molar-refractivity contribution is 8.00. The fourth-order valence-corrected chi connectivity index (χ4v) is 7.60. The Labute approximate surface area is 327 Å². The summed E-state index contributed by atoms with van der Waals surface area (Å²) in [5.74, 6) is -0.297. The molecule has 1 atom stereocenters. The van der Waals surface area contributed by atoms with E-state index in [0.29, 0.717) is 23.0 Å². The molecule has 1 unspecified atom stereocenters. The van der Waals surface area contributed by atoms with Gasteiger partial charge in [0.05, 0.1) is 12.3 Å². The number of fused-ring (bicyclic) bond motifs is 1. The first kappa shape index (κ1) is 36.9. The fourth-order valence-electron chi connectivity index (χ4n) is 5.85. The standard InChI is InChI=1S/C45H36N4O4S2/c1-2-53-36-24-20-31(21-25-36)40-29-54-45(48-40)49-44(52)41(32-13-5-3-6-14-32)55-37-26-22-35(23-27-37)46-43(51)39(47-42(50)33-15-7-4-8-16-33)28-34-18-11-17-30-12-9-10-19-38(30)34/h3-29,41H,2H2,1H3,(H,46,51)(H,47,50)(H,48,49,52)/b39-28-. The molecule has 0 saturated carbocycles. The second-order valence-electron chi connectivity index (χ2n) is 12.3. The first-order chi connectivity index (χ1) is 26.9. The maximum Gasteiger partial charge on any atom is 0.272 e. The van der Waals surface area contributed by atoms with Crippen molar-refractivity contribution in [3.05, 3.63) is 179 Å². The molecular weight excluding hydrogens is 725 g/mol. The third kappa shape index (κ3) is 9.36. The van der Waals surface area contributed by atoms with E-state index in [-0.39, 0.29) is 11.6 Å². The van der Waals surface area contributed by atoms with Crippen LogP contribution in [0.15, 0.2) is 168 Å². The Hall–Kier alpha value is -6.49. The van der Waals surface area contributed by atoms with E-state index in [1.54, 1.807) is 42.5 Å².